The lowest BCUT2D eigenvalue weighted by molar-refractivity contribution is -0.402. The van der Waals surface area contributed by atoms with E-state index >= 15 is 0 Å². The highest BCUT2D eigenvalue weighted by Crippen LogP contribution is 1.88. The van der Waals surface area contributed by atoms with Crippen LogP contribution in [0.2, 0.25) is 0 Å². The van der Waals surface area contributed by atoms with E-state index in [0.717, 1.165) is 6.20 Å². The molecule has 0 unspecified atom stereocenters. The van der Waals surface area contributed by atoms with E-state index in [1.54, 1.807) is 0 Å². The van der Waals surface area contributed by atoms with E-state index in [-0.39, 0.29) is 6.42 Å². The molecule has 0 aromatic rings. The molecular formula is C5H8N2O3. The molecule has 5 heteroatoms. The van der Waals surface area contributed by atoms with Crippen LogP contribution in [-0.4, -0.2) is 10.8 Å². The molecule has 0 heterocycles. The number of carbonyl (C=O) groups is 1. The minimum absolute atomic E-state index is 0.157. The van der Waals surface area contributed by atoms with Crippen molar-refractivity contribution in [1.29, 1.82) is 0 Å². The molecule has 0 saturated carbocycles. The van der Waals surface area contributed by atoms with Crippen molar-refractivity contribution < 1.29 is 9.72 Å². The first kappa shape index (κ1) is 8.61. The standard InChI is InChI=1S/C5H8N2O3/c6-5(8)3-1-2-4-7(9)10/h2,4H,1,3H2,(H2,6,8). The number of nitro groups is 1. The van der Waals surface area contributed by atoms with Crippen LogP contribution in [0.1, 0.15) is 12.8 Å². The van der Waals surface area contributed by atoms with Crippen molar-refractivity contribution >= 4 is 5.91 Å². The van der Waals surface area contributed by atoms with Crippen molar-refractivity contribution in [3.8, 4) is 0 Å². The molecule has 5 nitrogen and oxygen atoms in total. The fraction of sp³-hybridized carbons (Fsp3) is 0.400. The van der Waals surface area contributed by atoms with Gasteiger partial charge in [-0.3, -0.25) is 14.9 Å². The number of hydrogen-bond donors (Lipinski definition) is 1. The van der Waals surface area contributed by atoms with Gasteiger partial charge >= 0.3 is 0 Å². The number of carbonyl (C=O) groups excluding carboxylic acids is 1. The minimum atomic E-state index is -0.582. The number of nitrogens with two attached hydrogens (primary N) is 1. The Kier molecular flexibility index (Phi) is 3.86. The Labute approximate surface area is 57.7 Å². The maximum absolute atomic E-state index is 10.1. The molecule has 0 radical (unpaired) electrons. The second-order valence-corrected chi connectivity index (χ2v) is 1.68. The Morgan fingerprint density at radius 1 is 1.70 bits per heavy atom. The van der Waals surface area contributed by atoms with Crippen LogP contribution in [0.25, 0.3) is 0 Å². The fourth-order valence-corrected chi connectivity index (χ4v) is 0.386. The third-order valence-electron chi connectivity index (χ3n) is 0.785. The fourth-order valence-electron chi connectivity index (χ4n) is 0.386. The van der Waals surface area contributed by atoms with Gasteiger partial charge in [0, 0.05) is 6.42 Å². The second kappa shape index (κ2) is 4.49. The average molecular weight is 144 g/mol. The van der Waals surface area contributed by atoms with Crippen LogP contribution >= 0.6 is 0 Å². The van der Waals surface area contributed by atoms with Gasteiger partial charge in [-0.15, -0.1) is 0 Å². The molecule has 0 fully saturated rings. The first-order chi connectivity index (χ1) is 4.63. The van der Waals surface area contributed by atoms with Crippen LogP contribution in [0.15, 0.2) is 12.3 Å². The molecule has 1 amide bonds. The second-order valence-electron chi connectivity index (χ2n) is 1.68. The van der Waals surface area contributed by atoms with Crippen LogP contribution in [0.3, 0.4) is 0 Å². The predicted octanol–water partition coefficient (Wildman–Crippen LogP) is 0.0423. The first-order valence-corrected chi connectivity index (χ1v) is 2.71. The molecule has 2 N–H and O–H groups in total. The summed E-state index contributed by atoms with van der Waals surface area (Å²) in [5.74, 6) is -0.451. The van der Waals surface area contributed by atoms with E-state index in [1.807, 2.05) is 0 Å². The largest absolute Gasteiger partial charge is 0.370 e. The van der Waals surface area contributed by atoms with Crippen molar-refractivity contribution in [3.63, 3.8) is 0 Å². The molecule has 10 heavy (non-hydrogen) atoms. The summed E-state index contributed by atoms with van der Waals surface area (Å²) in [6.07, 6.45) is 2.58. The quantitative estimate of drug-likeness (QED) is 0.446. The third-order valence-corrected chi connectivity index (χ3v) is 0.785. The number of allylic oxidation sites excluding steroid dienone is 1. The molecule has 0 rings (SSSR count). The summed E-state index contributed by atoms with van der Waals surface area (Å²) < 4.78 is 0. The van der Waals surface area contributed by atoms with Gasteiger partial charge in [-0.2, -0.15) is 0 Å². The number of primary amides is 1. The van der Waals surface area contributed by atoms with Gasteiger partial charge in [0.05, 0.1) is 4.92 Å². The summed E-state index contributed by atoms with van der Waals surface area (Å²) >= 11 is 0. The Bertz CT molecular complexity index is 164. The molecule has 56 valence electrons. The summed E-state index contributed by atoms with van der Waals surface area (Å²) in [5, 5.41) is 9.65. The highest BCUT2D eigenvalue weighted by atomic mass is 16.6. The molecule has 0 spiro atoms. The van der Waals surface area contributed by atoms with Gasteiger partial charge in [0.2, 0.25) is 12.1 Å². The normalized spacial score (nSPS) is 10.0. The molecule has 0 saturated heterocycles. The van der Waals surface area contributed by atoms with Gasteiger partial charge in [0.15, 0.2) is 0 Å². The Morgan fingerprint density at radius 3 is 2.70 bits per heavy atom. The summed E-state index contributed by atoms with van der Waals surface area (Å²) in [5.41, 5.74) is 4.77. The Morgan fingerprint density at radius 2 is 2.30 bits per heavy atom. The van der Waals surface area contributed by atoms with Crippen LogP contribution in [0.5, 0.6) is 0 Å². The van der Waals surface area contributed by atoms with Crippen LogP contribution in [0.4, 0.5) is 0 Å². The monoisotopic (exact) mass is 144 g/mol. The van der Waals surface area contributed by atoms with E-state index in [1.165, 1.54) is 6.08 Å². The molecular weight excluding hydrogens is 136 g/mol. The lowest BCUT2D eigenvalue weighted by atomic mass is 10.3. The van der Waals surface area contributed by atoms with E-state index in [9.17, 15) is 14.9 Å². The number of rotatable bonds is 4. The van der Waals surface area contributed by atoms with Crippen LogP contribution < -0.4 is 5.73 Å². The van der Waals surface area contributed by atoms with Crippen LogP contribution in [0, 0.1) is 10.1 Å². The van der Waals surface area contributed by atoms with Gasteiger partial charge < -0.3 is 5.73 Å². The van der Waals surface area contributed by atoms with Gasteiger partial charge in [-0.05, 0) is 12.5 Å². The van der Waals surface area contributed by atoms with Crippen molar-refractivity contribution in [2.45, 2.75) is 12.8 Å². The molecule has 0 aliphatic rings. The van der Waals surface area contributed by atoms with Gasteiger partial charge in [0.25, 0.3) is 0 Å². The van der Waals surface area contributed by atoms with E-state index < -0.39 is 10.8 Å². The van der Waals surface area contributed by atoms with Gasteiger partial charge in [-0.25, -0.2) is 0 Å². The van der Waals surface area contributed by atoms with Crippen molar-refractivity contribution in [1.82, 2.24) is 0 Å². The number of nitrogens with zero attached hydrogens (tertiary/aromatic N) is 1. The topological polar surface area (TPSA) is 86.2 Å². The predicted molar refractivity (Wildman–Crippen MR) is 34.6 cm³/mol. The highest BCUT2D eigenvalue weighted by molar-refractivity contribution is 5.73. The lowest BCUT2D eigenvalue weighted by Crippen LogP contribution is -2.08. The molecule has 0 atom stereocenters. The lowest BCUT2D eigenvalue weighted by Gasteiger charge is -1.84. The van der Waals surface area contributed by atoms with E-state index in [4.69, 9.17) is 5.73 Å². The minimum Gasteiger partial charge on any atom is -0.370 e. The van der Waals surface area contributed by atoms with Gasteiger partial charge in [-0.1, -0.05) is 0 Å². The number of hydrogen-bond acceptors (Lipinski definition) is 3. The van der Waals surface area contributed by atoms with Crippen molar-refractivity contribution in [2.75, 3.05) is 0 Å². The maximum atomic E-state index is 10.1. The van der Waals surface area contributed by atoms with Crippen molar-refractivity contribution in [3.05, 3.63) is 22.4 Å². The molecule has 0 aromatic carbocycles. The average Bonchev–Trinajstić information content (AvgIpc) is 1.79. The SMILES string of the molecule is NC(=O)CCC=C[N+](=O)[O-]. The van der Waals surface area contributed by atoms with Crippen molar-refractivity contribution in [2.24, 2.45) is 5.73 Å². The molecule has 0 aromatic heterocycles. The molecule has 0 aliphatic carbocycles. The third kappa shape index (κ3) is 6.61. The number of amides is 1. The summed E-state index contributed by atoms with van der Waals surface area (Å²) in [4.78, 5) is 19.1. The Hall–Kier alpha value is -1.39. The summed E-state index contributed by atoms with van der Waals surface area (Å²) in [6.45, 7) is 0. The smallest absolute Gasteiger partial charge is 0.230 e. The molecule has 0 aliphatic heterocycles. The zero-order valence-corrected chi connectivity index (χ0v) is 5.32. The summed E-state index contributed by atoms with van der Waals surface area (Å²) in [6, 6.07) is 0. The highest BCUT2D eigenvalue weighted by Gasteiger charge is 1.90. The van der Waals surface area contributed by atoms with Gasteiger partial charge in [0.1, 0.15) is 0 Å². The maximum Gasteiger partial charge on any atom is 0.230 e. The zero-order chi connectivity index (χ0) is 7.98. The van der Waals surface area contributed by atoms with E-state index in [2.05, 4.69) is 0 Å². The first-order valence-electron chi connectivity index (χ1n) is 2.71. The summed E-state index contributed by atoms with van der Waals surface area (Å²) in [7, 11) is 0. The van der Waals surface area contributed by atoms with E-state index in [0.29, 0.717) is 6.42 Å². The Balaban J connectivity index is 3.36. The van der Waals surface area contributed by atoms with Crippen LogP contribution in [-0.2, 0) is 4.79 Å². The molecule has 0 bridgehead atoms. The zero-order valence-electron chi connectivity index (χ0n) is 5.32.